The largest absolute Gasteiger partial charge is 0.485 e. The molecule has 0 radical (unpaired) electrons. The van der Waals surface area contributed by atoms with Crippen molar-refractivity contribution >= 4 is 17.2 Å². The third-order valence-corrected chi connectivity index (χ3v) is 2.56. The number of hydrogen-bond donors (Lipinski definition) is 1. The van der Waals surface area contributed by atoms with Crippen LogP contribution in [-0.2, 0) is 0 Å². The topological polar surface area (TPSA) is 21.3 Å². The van der Waals surface area contributed by atoms with Gasteiger partial charge in [0.25, 0.3) is 0 Å². The molecule has 2 nitrogen and oxygen atoms in total. The molecule has 1 heterocycles. The number of para-hydroxylation sites is 1. The number of fused-ring (bicyclic) bond motifs is 1. The van der Waals surface area contributed by atoms with Crippen LogP contribution in [0.3, 0.4) is 0 Å². The summed E-state index contributed by atoms with van der Waals surface area (Å²) >= 11 is 5.26. The minimum absolute atomic E-state index is 0.212. The number of hydrogen-bond acceptors (Lipinski definition) is 2. The van der Waals surface area contributed by atoms with Crippen molar-refractivity contribution in [1.29, 1.82) is 0 Å². The quantitative estimate of drug-likeness (QED) is 0.658. The van der Waals surface area contributed by atoms with Gasteiger partial charge >= 0.3 is 0 Å². The van der Waals surface area contributed by atoms with Crippen LogP contribution >= 0.6 is 12.2 Å². The normalized spacial score (nSPS) is 18.9. The molecule has 0 fully saturated rings. The lowest BCUT2D eigenvalue weighted by atomic mass is 10.1. The van der Waals surface area contributed by atoms with Crippen LogP contribution in [0.5, 0.6) is 5.75 Å². The van der Waals surface area contributed by atoms with Crippen LogP contribution in [0.2, 0.25) is 0 Å². The van der Waals surface area contributed by atoms with Crippen LogP contribution in [-0.4, -0.2) is 17.1 Å². The van der Waals surface area contributed by atoms with Gasteiger partial charge in [0.2, 0.25) is 0 Å². The molecule has 0 atom stereocenters. The minimum Gasteiger partial charge on any atom is -0.485 e. The molecule has 2 rings (SSSR count). The van der Waals surface area contributed by atoms with Gasteiger partial charge < -0.3 is 10.1 Å². The van der Waals surface area contributed by atoms with E-state index in [2.05, 4.69) is 5.32 Å². The summed E-state index contributed by atoms with van der Waals surface area (Å²) in [5, 5.41) is 3.20. The van der Waals surface area contributed by atoms with E-state index in [1.165, 1.54) is 0 Å². The van der Waals surface area contributed by atoms with E-state index in [0.29, 0.717) is 0 Å². The molecule has 0 aliphatic carbocycles. The molecule has 0 bridgehead atoms. The molecule has 1 aliphatic heterocycles. The molecule has 1 aromatic carbocycles. The molecule has 14 heavy (non-hydrogen) atoms. The highest BCUT2D eigenvalue weighted by atomic mass is 32.1. The van der Waals surface area contributed by atoms with E-state index in [1.54, 1.807) is 0 Å². The first-order valence-electron chi connectivity index (χ1n) is 4.65. The van der Waals surface area contributed by atoms with Crippen LogP contribution in [0.15, 0.2) is 24.3 Å². The highest BCUT2D eigenvalue weighted by Gasteiger charge is 2.25. The Morgan fingerprint density at radius 2 is 2.07 bits per heavy atom. The van der Waals surface area contributed by atoms with Crippen molar-refractivity contribution in [3.8, 4) is 5.75 Å². The Balaban J connectivity index is 2.46. The van der Waals surface area contributed by atoms with E-state index < -0.39 is 0 Å². The highest BCUT2D eigenvalue weighted by molar-refractivity contribution is 7.80. The average Bonchev–Trinajstić information content (AvgIpc) is 2.25. The zero-order valence-electron chi connectivity index (χ0n) is 8.33. The molecule has 0 saturated carbocycles. The lowest BCUT2D eigenvalue weighted by Gasteiger charge is -2.24. The minimum atomic E-state index is -0.212. The maximum absolute atomic E-state index is 5.86. The van der Waals surface area contributed by atoms with E-state index in [4.69, 9.17) is 17.0 Å². The Hall–Kier alpha value is -1.09. The van der Waals surface area contributed by atoms with E-state index in [1.807, 2.05) is 38.1 Å². The van der Waals surface area contributed by atoms with Gasteiger partial charge in [0.05, 0.1) is 12.1 Å². The molecule has 1 aromatic rings. The smallest absolute Gasteiger partial charge is 0.130 e. The predicted molar refractivity (Wildman–Crippen MR) is 60.9 cm³/mol. The fourth-order valence-electron chi connectivity index (χ4n) is 1.47. The maximum atomic E-state index is 5.86. The fraction of sp³-hybridized carbons (Fsp3) is 0.364. The van der Waals surface area contributed by atoms with Crippen molar-refractivity contribution < 1.29 is 4.74 Å². The Morgan fingerprint density at radius 1 is 1.36 bits per heavy atom. The lowest BCUT2D eigenvalue weighted by molar-refractivity contribution is 0.117. The summed E-state index contributed by atoms with van der Waals surface area (Å²) in [7, 11) is 0. The first-order valence-corrected chi connectivity index (χ1v) is 5.06. The van der Waals surface area contributed by atoms with Crippen LogP contribution in [0.1, 0.15) is 19.4 Å². The predicted octanol–water partition coefficient (Wildman–Crippen LogP) is 2.12. The Morgan fingerprint density at radius 3 is 2.86 bits per heavy atom. The molecule has 0 spiro atoms. The van der Waals surface area contributed by atoms with Crippen molar-refractivity contribution in [1.82, 2.24) is 5.32 Å². The summed E-state index contributed by atoms with van der Waals surface area (Å²) in [5.74, 6) is 0.868. The number of nitrogens with one attached hydrogen (secondary N) is 1. The molecule has 0 amide bonds. The number of ether oxygens (including phenoxy) is 1. The van der Waals surface area contributed by atoms with Crippen molar-refractivity contribution in [2.24, 2.45) is 0 Å². The molecule has 74 valence electrons. The number of thiocarbonyl (C=S) groups is 1. The zero-order chi connectivity index (χ0) is 10.2. The highest BCUT2D eigenvalue weighted by Crippen LogP contribution is 2.25. The second-order valence-corrected chi connectivity index (χ2v) is 4.45. The summed E-state index contributed by atoms with van der Waals surface area (Å²) in [6.45, 7) is 4.83. The average molecular weight is 207 g/mol. The zero-order valence-corrected chi connectivity index (χ0v) is 9.15. The van der Waals surface area contributed by atoms with Gasteiger partial charge in [0, 0.05) is 0 Å². The SMILES string of the molecule is CC1(C)CNC(=S)c2ccccc2O1. The van der Waals surface area contributed by atoms with E-state index >= 15 is 0 Å². The molecular formula is C11H13NOS. The van der Waals surface area contributed by atoms with Crippen LogP contribution in [0.4, 0.5) is 0 Å². The summed E-state index contributed by atoms with van der Waals surface area (Å²) in [6, 6.07) is 7.86. The monoisotopic (exact) mass is 207 g/mol. The number of rotatable bonds is 0. The van der Waals surface area contributed by atoms with Crippen LogP contribution < -0.4 is 10.1 Å². The van der Waals surface area contributed by atoms with Gasteiger partial charge in [-0.25, -0.2) is 0 Å². The second-order valence-electron chi connectivity index (χ2n) is 4.04. The van der Waals surface area contributed by atoms with Crippen molar-refractivity contribution in [3.05, 3.63) is 29.8 Å². The van der Waals surface area contributed by atoms with Gasteiger partial charge in [-0.2, -0.15) is 0 Å². The van der Waals surface area contributed by atoms with Gasteiger partial charge in [-0.15, -0.1) is 0 Å². The third-order valence-electron chi connectivity index (χ3n) is 2.19. The van der Waals surface area contributed by atoms with E-state index in [9.17, 15) is 0 Å². The second kappa shape index (κ2) is 3.24. The molecule has 1 N–H and O–H groups in total. The standard InChI is InChI=1S/C11H13NOS/c1-11(2)7-12-10(14)8-5-3-4-6-9(8)13-11/h3-6H,7H2,1-2H3,(H,12,14). The summed E-state index contributed by atoms with van der Waals surface area (Å²) in [6.07, 6.45) is 0. The molecule has 0 saturated heterocycles. The van der Waals surface area contributed by atoms with Gasteiger partial charge in [-0.1, -0.05) is 24.4 Å². The van der Waals surface area contributed by atoms with E-state index in [0.717, 1.165) is 22.8 Å². The van der Waals surface area contributed by atoms with Gasteiger partial charge in [0.1, 0.15) is 16.3 Å². The maximum Gasteiger partial charge on any atom is 0.130 e. The Bertz CT molecular complexity index is 373. The summed E-state index contributed by atoms with van der Waals surface area (Å²) < 4.78 is 5.86. The number of benzene rings is 1. The first-order chi connectivity index (χ1) is 6.58. The Labute approximate surface area is 89.3 Å². The van der Waals surface area contributed by atoms with Gasteiger partial charge in [-0.3, -0.25) is 0 Å². The van der Waals surface area contributed by atoms with Crippen LogP contribution in [0.25, 0.3) is 0 Å². The first kappa shape index (κ1) is 9.46. The molecule has 0 aromatic heterocycles. The lowest BCUT2D eigenvalue weighted by Crippen LogP contribution is -2.39. The van der Waals surface area contributed by atoms with Gasteiger partial charge in [-0.05, 0) is 26.0 Å². The summed E-state index contributed by atoms with van der Waals surface area (Å²) in [4.78, 5) is 0.770. The molecule has 1 aliphatic rings. The third kappa shape index (κ3) is 1.73. The van der Waals surface area contributed by atoms with Gasteiger partial charge in [0.15, 0.2) is 0 Å². The molecule has 0 unspecified atom stereocenters. The van der Waals surface area contributed by atoms with Crippen molar-refractivity contribution in [2.45, 2.75) is 19.4 Å². The molecular weight excluding hydrogens is 194 g/mol. The molecule has 3 heteroatoms. The fourth-order valence-corrected chi connectivity index (χ4v) is 1.71. The Kier molecular flexibility index (Phi) is 2.19. The summed E-state index contributed by atoms with van der Waals surface area (Å²) in [5.41, 5.74) is 0.768. The van der Waals surface area contributed by atoms with Crippen LogP contribution in [0, 0.1) is 0 Å². The van der Waals surface area contributed by atoms with Crippen molar-refractivity contribution in [3.63, 3.8) is 0 Å². The van der Waals surface area contributed by atoms with E-state index in [-0.39, 0.29) is 5.60 Å². The van der Waals surface area contributed by atoms with Crippen molar-refractivity contribution in [2.75, 3.05) is 6.54 Å².